The summed E-state index contributed by atoms with van der Waals surface area (Å²) in [5.74, 6) is -0.494. The lowest BCUT2D eigenvalue weighted by atomic mass is 10.1. The summed E-state index contributed by atoms with van der Waals surface area (Å²) in [5.41, 5.74) is 0.253. The van der Waals surface area contributed by atoms with E-state index in [2.05, 4.69) is 10.2 Å². The van der Waals surface area contributed by atoms with Crippen molar-refractivity contribution in [3.63, 3.8) is 0 Å². The molecule has 27 heavy (non-hydrogen) atoms. The van der Waals surface area contributed by atoms with Crippen LogP contribution in [0.1, 0.15) is 11.1 Å². The van der Waals surface area contributed by atoms with Crippen LogP contribution in [0.3, 0.4) is 0 Å². The SMILES string of the molecule is O=C(Nc1ccccc1F)N1CCN(Cc2ccc(C(F)(F)F)cc2)CC1. The first-order valence-corrected chi connectivity index (χ1v) is 8.52. The molecule has 4 nitrogen and oxygen atoms in total. The molecular formula is C19H19F4N3O. The van der Waals surface area contributed by atoms with Gasteiger partial charge in [0.2, 0.25) is 0 Å². The van der Waals surface area contributed by atoms with E-state index in [1.54, 1.807) is 17.0 Å². The highest BCUT2D eigenvalue weighted by Crippen LogP contribution is 2.29. The van der Waals surface area contributed by atoms with E-state index in [9.17, 15) is 22.4 Å². The molecule has 1 saturated heterocycles. The molecular weight excluding hydrogens is 362 g/mol. The summed E-state index contributed by atoms with van der Waals surface area (Å²) in [7, 11) is 0. The maximum atomic E-state index is 13.6. The Balaban J connectivity index is 1.50. The number of para-hydroxylation sites is 1. The van der Waals surface area contributed by atoms with Crippen molar-refractivity contribution in [1.29, 1.82) is 0 Å². The van der Waals surface area contributed by atoms with Crippen molar-refractivity contribution in [2.45, 2.75) is 12.7 Å². The number of hydrogen-bond acceptors (Lipinski definition) is 2. The van der Waals surface area contributed by atoms with Crippen molar-refractivity contribution in [3.8, 4) is 0 Å². The summed E-state index contributed by atoms with van der Waals surface area (Å²) >= 11 is 0. The zero-order valence-electron chi connectivity index (χ0n) is 14.5. The summed E-state index contributed by atoms with van der Waals surface area (Å²) < 4.78 is 51.4. The van der Waals surface area contributed by atoms with Crippen LogP contribution in [0.4, 0.5) is 28.0 Å². The van der Waals surface area contributed by atoms with Gasteiger partial charge in [-0.1, -0.05) is 24.3 Å². The van der Waals surface area contributed by atoms with Crippen LogP contribution in [0.25, 0.3) is 0 Å². The van der Waals surface area contributed by atoms with Crippen LogP contribution in [0.15, 0.2) is 48.5 Å². The van der Waals surface area contributed by atoms with Crippen molar-refractivity contribution in [1.82, 2.24) is 9.80 Å². The van der Waals surface area contributed by atoms with Gasteiger partial charge in [0.25, 0.3) is 0 Å². The number of piperazine rings is 1. The van der Waals surface area contributed by atoms with Crippen LogP contribution in [-0.4, -0.2) is 42.0 Å². The number of urea groups is 1. The van der Waals surface area contributed by atoms with Gasteiger partial charge in [-0.3, -0.25) is 4.90 Å². The highest BCUT2D eigenvalue weighted by Gasteiger charge is 2.30. The number of hydrogen-bond donors (Lipinski definition) is 1. The van der Waals surface area contributed by atoms with Gasteiger partial charge in [-0.15, -0.1) is 0 Å². The van der Waals surface area contributed by atoms with Gasteiger partial charge < -0.3 is 10.2 Å². The molecule has 3 rings (SSSR count). The standard InChI is InChI=1S/C19H19F4N3O/c20-16-3-1-2-4-17(16)24-18(27)26-11-9-25(10-12-26)13-14-5-7-15(8-6-14)19(21,22)23/h1-8H,9-13H2,(H,24,27). The molecule has 1 heterocycles. The Morgan fingerprint density at radius 3 is 2.19 bits per heavy atom. The quantitative estimate of drug-likeness (QED) is 0.809. The molecule has 0 spiro atoms. The molecule has 0 aliphatic carbocycles. The van der Waals surface area contributed by atoms with Crippen LogP contribution >= 0.6 is 0 Å². The number of anilines is 1. The Kier molecular flexibility index (Phi) is 5.65. The Hall–Kier alpha value is -2.61. The number of amides is 2. The third kappa shape index (κ3) is 4.97. The summed E-state index contributed by atoms with van der Waals surface area (Å²) in [6, 6.07) is 10.7. The fraction of sp³-hybridized carbons (Fsp3) is 0.316. The second-order valence-electron chi connectivity index (χ2n) is 6.37. The fourth-order valence-electron chi connectivity index (χ4n) is 2.92. The van der Waals surface area contributed by atoms with Crippen molar-refractivity contribution in [2.24, 2.45) is 0 Å². The fourth-order valence-corrected chi connectivity index (χ4v) is 2.92. The van der Waals surface area contributed by atoms with Crippen LogP contribution in [0.5, 0.6) is 0 Å². The molecule has 144 valence electrons. The smallest absolute Gasteiger partial charge is 0.322 e. The van der Waals surface area contributed by atoms with Gasteiger partial charge in [-0.05, 0) is 29.8 Å². The Morgan fingerprint density at radius 2 is 1.59 bits per heavy atom. The Bertz CT molecular complexity index is 784. The molecule has 0 unspecified atom stereocenters. The maximum Gasteiger partial charge on any atom is 0.416 e. The number of rotatable bonds is 3. The molecule has 2 aromatic carbocycles. The van der Waals surface area contributed by atoms with Crippen LogP contribution in [0, 0.1) is 5.82 Å². The molecule has 8 heteroatoms. The predicted octanol–water partition coefficient (Wildman–Crippen LogP) is 4.19. The lowest BCUT2D eigenvalue weighted by Crippen LogP contribution is -2.49. The van der Waals surface area contributed by atoms with E-state index in [1.807, 2.05) is 0 Å². The van der Waals surface area contributed by atoms with E-state index < -0.39 is 17.6 Å². The zero-order valence-corrected chi connectivity index (χ0v) is 14.5. The van der Waals surface area contributed by atoms with Crippen molar-refractivity contribution in [2.75, 3.05) is 31.5 Å². The van der Waals surface area contributed by atoms with Crippen molar-refractivity contribution in [3.05, 3.63) is 65.5 Å². The van der Waals surface area contributed by atoms with Gasteiger partial charge in [-0.25, -0.2) is 9.18 Å². The molecule has 2 amide bonds. The van der Waals surface area contributed by atoms with Crippen LogP contribution < -0.4 is 5.32 Å². The minimum absolute atomic E-state index is 0.134. The highest BCUT2D eigenvalue weighted by molar-refractivity contribution is 5.89. The lowest BCUT2D eigenvalue weighted by molar-refractivity contribution is -0.137. The van der Waals surface area contributed by atoms with Gasteiger partial charge in [-0.2, -0.15) is 13.2 Å². The topological polar surface area (TPSA) is 35.6 Å². The summed E-state index contributed by atoms with van der Waals surface area (Å²) in [5, 5.41) is 2.55. The van der Waals surface area contributed by atoms with E-state index >= 15 is 0 Å². The normalized spacial score (nSPS) is 15.6. The molecule has 0 bridgehead atoms. The van der Waals surface area contributed by atoms with Crippen molar-refractivity contribution < 1.29 is 22.4 Å². The van der Waals surface area contributed by atoms with E-state index in [4.69, 9.17) is 0 Å². The third-order valence-corrected chi connectivity index (χ3v) is 4.46. The van der Waals surface area contributed by atoms with Gasteiger partial charge in [0.05, 0.1) is 11.3 Å². The maximum absolute atomic E-state index is 13.6. The molecule has 0 radical (unpaired) electrons. The number of alkyl halides is 3. The molecule has 0 saturated carbocycles. The Morgan fingerprint density at radius 1 is 0.963 bits per heavy atom. The van der Waals surface area contributed by atoms with Gasteiger partial charge in [0.1, 0.15) is 5.82 Å². The zero-order chi connectivity index (χ0) is 19.4. The van der Waals surface area contributed by atoms with Gasteiger partial charge >= 0.3 is 12.2 Å². The summed E-state index contributed by atoms with van der Waals surface area (Å²) in [4.78, 5) is 15.9. The van der Waals surface area contributed by atoms with E-state index in [-0.39, 0.29) is 11.7 Å². The molecule has 2 aromatic rings. The molecule has 1 fully saturated rings. The monoisotopic (exact) mass is 381 g/mol. The third-order valence-electron chi connectivity index (χ3n) is 4.46. The van der Waals surface area contributed by atoms with E-state index in [0.717, 1.165) is 17.7 Å². The second kappa shape index (κ2) is 7.96. The molecule has 0 aromatic heterocycles. The number of nitrogens with zero attached hydrogens (tertiary/aromatic N) is 2. The minimum Gasteiger partial charge on any atom is -0.322 e. The second-order valence-corrected chi connectivity index (χ2v) is 6.37. The van der Waals surface area contributed by atoms with E-state index in [1.165, 1.54) is 24.3 Å². The Labute approximate surface area is 154 Å². The predicted molar refractivity (Wildman–Crippen MR) is 93.7 cm³/mol. The number of halogens is 4. The van der Waals surface area contributed by atoms with Crippen LogP contribution in [0.2, 0.25) is 0 Å². The first-order chi connectivity index (χ1) is 12.8. The number of carbonyl (C=O) groups excluding carboxylic acids is 1. The van der Waals surface area contributed by atoms with Crippen molar-refractivity contribution >= 4 is 11.7 Å². The number of carbonyl (C=O) groups is 1. The van der Waals surface area contributed by atoms with Gasteiger partial charge in [0, 0.05) is 32.7 Å². The summed E-state index contributed by atoms with van der Waals surface area (Å²) in [6.45, 7) is 2.61. The summed E-state index contributed by atoms with van der Waals surface area (Å²) in [6.07, 6.45) is -4.34. The molecule has 1 N–H and O–H groups in total. The first-order valence-electron chi connectivity index (χ1n) is 8.52. The van der Waals surface area contributed by atoms with E-state index in [0.29, 0.717) is 32.7 Å². The molecule has 1 aliphatic rings. The lowest BCUT2D eigenvalue weighted by Gasteiger charge is -2.34. The molecule has 0 atom stereocenters. The first kappa shape index (κ1) is 19.2. The highest BCUT2D eigenvalue weighted by atomic mass is 19.4. The number of benzene rings is 2. The number of nitrogens with one attached hydrogen (secondary N) is 1. The van der Waals surface area contributed by atoms with Crippen LogP contribution in [-0.2, 0) is 12.7 Å². The average Bonchev–Trinajstić information content (AvgIpc) is 2.64. The average molecular weight is 381 g/mol. The largest absolute Gasteiger partial charge is 0.416 e. The minimum atomic E-state index is -4.34. The molecule has 1 aliphatic heterocycles. The van der Waals surface area contributed by atoms with Gasteiger partial charge in [0.15, 0.2) is 0 Å².